The van der Waals surface area contributed by atoms with Crippen molar-refractivity contribution in [3.8, 4) is 11.5 Å². The van der Waals surface area contributed by atoms with Gasteiger partial charge in [-0.05, 0) is 31.5 Å². The first-order chi connectivity index (χ1) is 9.08. The summed E-state index contributed by atoms with van der Waals surface area (Å²) in [5, 5.41) is 0. The Bertz CT molecular complexity index is 420. The number of carbonyl (C=O) groups excluding carboxylic acids is 1. The molecule has 5 heteroatoms. The van der Waals surface area contributed by atoms with Crippen LogP contribution in [0.3, 0.4) is 0 Å². The van der Waals surface area contributed by atoms with Crippen LogP contribution in [0.1, 0.15) is 18.9 Å². The number of methoxy groups -OCH3 is 1. The third kappa shape index (κ3) is 4.79. The van der Waals surface area contributed by atoms with Gasteiger partial charge < -0.3 is 19.9 Å². The van der Waals surface area contributed by atoms with Crippen molar-refractivity contribution in [2.24, 2.45) is 5.73 Å². The van der Waals surface area contributed by atoms with Gasteiger partial charge in [0.25, 0.3) is 0 Å². The van der Waals surface area contributed by atoms with Crippen LogP contribution in [0, 0.1) is 6.92 Å². The fourth-order valence-corrected chi connectivity index (χ4v) is 1.56. The van der Waals surface area contributed by atoms with Gasteiger partial charge in [-0.3, -0.25) is 4.79 Å². The smallest absolute Gasteiger partial charge is 0.323 e. The highest BCUT2D eigenvalue weighted by Crippen LogP contribution is 2.27. The summed E-state index contributed by atoms with van der Waals surface area (Å²) in [6.07, 6.45) is 0.399. The molecule has 0 aliphatic heterocycles. The average Bonchev–Trinajstić information content (AvgIpc) is 2.40. The highest BCUT2D eigenvalue weighted by Gasteiger charge is 2.14. The van der Waals surface area contributed by atoms with Gasteiger partial charge in [-0.15, -0.1) is 0 Å². The number of benzene rings is 1. The molecule has 0 spiro atoms. The molecular weight excluding hydrogens is 246 g/mol. The van der Waals surface area contributed by atoms with E-state index in [9.17, 15) is 4.79 Å². The quantitative estimate of drug-likeness (QED) is 0.761. The Morgan fingerprint density at radius 1 is 1.37 bits per heavy atom. The molecule has 1 aromatic carbocycles. The molecule has 0 aliphatic carbocycles. The van der Waals surface area contributed by atoms with Crippen molar-refractivity contribution in [2.75, 3.05) is 20.3 Å². The van der Waals surface area contributed by atoms with E-state index in [0.29, 0.717) is 31.1 Å². The van der Waals surface area contributed by atoms with Crippen molar-refractivity contribution in [3.05, 3.63) is 23.8 Å². The van der Waals surface area contributed by atoms with Crippen LogP contribution >= 0.6 is 0 Å². The number of hydrogen-bond acceptors (Lipinski definition) is 5. The Morgan fingerprint density at radius 3 is 2.74 bits per heavy atom. The molecule has 106 valence electrons. The van der Waals surface area contributed by atoms with Gasteiger partial charge in [0.1, 0.15) is 6.04 Å². The van der Waals surface area contributed by atoms with Crippen molar-refractivity contribution in [2.45, 2.75) is 26.3 Å². The summed E-state index contributed by atoms with van der Waals surface area (Å²) in [6.45, 7) is 4.39. The number of carbonyl (C=O) groups is 1. The number of aryl methyl sites for hydroxylation is 1. The van der Waals surface area contributed by atoms with Gasteiger partial charge in [-0.1, -0.05) is 6.07 Å². The van der Waals surface area contributed by atoms with E-state index in [1.807, 2.05) is 25.1 Å². The van der Waals surface area contributed by atoms with E-state index >= 15 is 0 Å². The lowest BCUT2D eigenvalue weighted by atomic mass is 10.2. The van der Waals surface area contributed by atoms with Crippen molar-refractivity contribution < 1.29 is 19.0 Å². The first kappa shape index (κ1) is 15.3. The molecule has 2 N–H and O–H groups in total. The summed E-state index contributed by atoms with van der Waals surface area (Å²) < 4.78 is 15.6. The molecule has 19 heavy (non-hydrogen) atoms. The average molecular weight is 267 g/mol. The Labute approximate surface area is 113 Å². The van der Waals surface area contributed by atoms with Gasteiger partial charge in [0.05, 0.1) is 20.3 Å². The fourth-order valence-electron chi connectivity index (χ4n) is 1.56. The summed E-state index contributed by atoms with van der Waals surface area (Å²) in [7, 11) is 1.59. The molecule has 0 radical (unpaired) electrons. The molecule has 0 bridgehead atoms. The minimum absolute atomic E-state index is 0.333. The molecule has 1 unspecified atom stereocenters. The van der Waals surface area contributed by atoms with E-state index in [1.54, 1.807) is 14.0 Å². The van der Waals surface area contributed by atoms with Gasteiger partial charge in [-0.2, -0.15) is 0 Å². The summed E-state index contributed by atoms with van der Waals surface area (Å²) >= 11 is 0. The van der Waals surface area contributed by atoms with Crippen molar-refractivity contribution in [1.82, 2.24) is 0 Å². The molecular formula is C14H21NO4. The lowest BCUT2D eigenvalue weighted by Gasteiger charge is -2.13. The third-order valence-electron chi connectivity index (χ3n) is 2.59. The number of hydrogen-bond donors (Lipinski definition) is 1. The summed E-state index contributed by atoms with van der Waals surface area (Å²) in [4.78, 5) is 11.3. The highest BCUT2D eigenvalue weighted by atomic mass is 16.5. The Morgan fingerprint density at radius 2 is 2.11 bits per heavy atom. The highest BCUT2D eigenvalue weighted by molar-refractivity contribution is 5.75. The van der Waals surface area contributed by atoms with Crippen LogP contribution in [0.25, 0.3) is 0 Å². The Hall–Kier alpha value is -1.75. The molecule has 1 aromatic rings. The zero-order valence-corrected chi connectivity index (χ0v) is 11.6. The largest absolute Gasteiger partial charge is 0.493 e. The topological polar surface area (TPSA) is 70.8 Å². The van der Waals surface area contributed by atoms with E-state index < -0.39 is 12.0 Å². The van der Waals surface area contributed by atoms with E-state index in [4.69, 9.17) is 19.9 Å². The maximum Gasteiger partial charge on any atom is 0.323 e. The molecule has 1 atom stereocenters. The minimum Gasteiger partial charge on any atom is -0.493 e. The van der Waals surface area contributed by atoms with Crippen LogP contribution in [0.2, 0.25) is 0 Å². The van der Waals surface area contributed by atoms with E-state index in [0.717, 1.165) is 5.56 Å². The molecule has 0 aromatic heterocycles. The Kier molecular flexibility index (Phi) is 6.15. The number of rotatable bonds is 7. The van der Waals surface area contributed by atoms with Gasteiger partial charge in [0.15, 0.2) is 11.5 Å². The number of nitrogens with two attached hydrogens (primary N) is 1. The molecule has 0 saturated heterocycles. The molecule has 1 rings (SSSR count). The van der Waals surface area contributed by atoms with Crippen LogP contribution in [0.15, 0.2) is 18.2 Å². The normalized spacial score (nSPS) is 11.8. The standard InChI is InChI=1S/C14H21NO4/c1-4-18-14(16)11(15)7-8-19-12-6-5-10(2)9-13(12)17-3/h5-6,9,11H,4,7-8,15H2,1-3H3. The number of ether oxygens (including phenoxy) is 3. The van der Waals surface area contributed by atoms with E-state index in [1.165, 1.54) is 0 Å². The molecule has 0 fully saturated rings. The molecule has 0 saturated carbocycles. The predicted molar refractivity (Wildman–Crippen MR) is 72.5 cm³/mol. The van der Waals surface area contributed by atoms with Crippen LogP contribution in [0.5, 0.6) is 11.5 Å². The fraction of sp³-hybridized carbons (Fsp3) is 0.500. The van der Waals surface area contributed by atoms with Gasteiger partial charge in [0.2, 0.25) is 0 Å². The number of esters is 1. The van der Waals surface area contributed by atoms with Crippen LogP contribution in [-0.4, -0.2) is 32.3 Å². The monoisotopic (exact) mass is 267 g/mol. The lowest BCUT2D eigenvalue weighted by Crippen LogP contribution is -2.33. The second-order valence-corrected chi connectivity index (χ2v) is 4.15. The molecule has 0 aliphatic rings. The zero-order valence-electron chi connectivity index (χ0n) is 11.6. The van der Waals surface area contributed by atoms with E-state index in [2.05, 4.69) is 0 Å². The lowest BCUT2D eigenvalue weighted by molar-refractivity contribution is -0.145. The van der Waals surface area contributed by atoms with Crippen LogP contribution in [-0.2, 0) is 9.53 Å². The van der Waals surface area contributed by atoms with Gasteiger partial charge in [-0.25, -0.2) is 0 Å². The molecule has 0 heterocycles. The third-order valence-corrected chi connectivity index (χ3v) is 2.59. The first-order valence-electron chi connectivity index (χ1n) is 6.28. The zero-order chi connectivity index (χ0) is 14.3. The van der Waals surface area contributed by atoms with Gasteiger partial charge >= 0.3 is 5.97 Å². The SMILES string of the molecule is CCOC(=O)C(N)CCOc1ccc(C)cc1OC. The predicted octanol–water partition coefficient (Wildman–Crippen LogP) is 1.66. The maximum atomic E-state index is 11.3. The van der Waals surface area contributed by atoms with Gasteiger partial charge in [0, 0.05) is 6.42 Å². The second-order valence-electron chi connectivity index (χ2n) is 4.15. The van der Waals surface area contributed by atoms with Crippen LogP contribution in [0.4, 0.5) is 0 Å². The molecule has 5 nitrogen and oxygen atoms in total. The first-order valence-corrected chi connectivity index (χ1v) is 6.28. The molecule has 0 amide bonds. The van der Waals surface area contributed by atoms with Crippen LogP contribution < -0.4 is 15.2 Å². The van der Waals surface area contributed by atoms with Crippen molar-refractivity contribution in [1.29, 1.82) is 0 Å². The summed E-state index contributed by atoms with van der Waals surface area (Å²) in [6, 6.07) is 5.00. The van der Waals surface area contributed by atoms with Crippen molar-refractivity contribution in [3.63, 3.8) is 0 Å². The van der Waals surface area contributed by atoms with E-state index in [-0.39, 0.29) is 0 Å². The summed E-state index contributed by atoms with van der Waals surface area (Å²) in [5.41, 5.74) is 6.77. The second kappa shape index (κ2) is 7.63. The minimum atomic E-state index is -0.656. The van der Waals surface area contributed by atoms with Crippen molar-refractivity contribution >= 4 is 5.97 Å². The maximum absolute atomic E-state index is 11.3. The Balaban J connectivity index is 2.47. The summed E-state index contributed by atoms with van der Waals surface area (Å²) in [5.74, 6) is 0.913.